The van der Waals surface area contributed by atoms with Gasteiger partial charge in [-0.05, 0) is 91.5 Å². The van der Waals surface area contributed by atoms with Gasteiger partial charge in [0.05, 0.1) is 24.5 Å². The zero-order chi connectivity index (χ0) is 28.4. The molecule has 5 rings (SSSR count). The lowest BCUT2D eigenvalue weighted by molar-refractivity contribution is -0.138. The Balaban J connectivity index is 1.28. The number of fused-ring (bicyclic) bond motifs is 1. The summed E-state index contributed by atoms with van der Waals surface area (Å²) < 4.78 is 59.9. The van der Waals surface area contributed by atoms with Gasteiger partial charge in [0, 0.05) is 12.1 Å². The number of nitrogens with one attached hydrogen (secondary N) is 1. The van der Waals surface area contributed by atoms with Crippen LogP contribution >= 0.6 is 0 Å². The summed E-state index contributed by atoms with van der Waals surface area (Å²) in [5, 5.41) is 11.9. The highest BCUT2D eigenvalue weighted by molar-refractivity contribution is 5.73. The van der Waals surface area contributed by atoms with Crippen molar-refractivity contribution in [3.8, 4) is 16.9 Å². The summed E-state index contributed by atoms with van der Waals surface area (Å²) >= 11 is 0. The van der Waals surface area contributed by atoms with Gasteiger partial charge in [0.25, 0.3) is 0 Å². The van der Waals surface area contributed by atoms with E-state index in [1.807, 2.05) is 30.0 Å². The van der Waals surface area contributed by atoms with Crippen LogP contribution in [0.2, 0.25) is 0 Å². The maximum atomic E-state index is 13.5. The second-order valence-electron chi connectivity index (χ2n) is 10.8. The normalized spacial score (nSPS) is 20.9. The number of rotatable bonds is 7. The number of hydrogen-bond donors (Lipinski definition) is 2. The Morgan fingerprint density at radius 2 is 1.70 bits per heavy atom. The molecule has 1 unspecified atom stereocenters. The Hall–Kier alpha value is -3.75. The first-order valence-corrected chi connectivity index (χ1v) is 13.5. The molecule has 0 spiro atoms. The van der Waals surface area contributed by atoms with Crippen LogP contribution in [0.3, 0.4) is 0 Å². The molecule has 1 saturated carbocycles. The number of alkyl halides is 3. The minimum absolute atomic E-state index is 0.0954. The number of nitrogens with zero attached hydrogens (tertiary/aromatic N) is 1. The van der Waals surface area contributed by atoms with Gasteiger partial charge in [-0.25, -0.2) is 4.39 Å². The van der Waals surface area contributed by atoms with Crippen LogP contribution in [0.5, 0.6) is 5.75 Å². The second-order valence-corrected chi connectivity index (χ2v) is 10.8. The van der Waals surface area contributed by atoms with Crippen LogP contribution in [0.25, 0.3) is 11.1 Å². The zero-order valence-electron chi connectivity index (χ0n) is 22.2. The van der Waals surface area contributed by atoms with E-state index >= 15 is 0 Å². The van der Waals surface area contributed by atoms with Crippen molar-refractivity contribution in [2.24, 2.45) is 5.92 Å². The van der Waals surface area contributed by atoms with E-state index in [0.29, 0.717) is 24.3 Å². The molecular weight excluding hydrogens is 524 g/mol. The van der Waals surface area contributed by atoms with Crippen molar-refractivity contribution in [1.82, 2.24) is 0 Å². The van der Waals surface area contributed by atoms with Crippen molar-refractivity contribution >= 4 is 17.3 Å². The van der Waals surface area contributed by atoms with Crippen molar-refractivity contribution in [3.63, 3.8) is 0 Å². The molecule has 3 aromatic carbocycles. The summed E-state index contributed by atoms with van der Waals surface area (Å²) in [7, 11) is 0. The summed E-state index contributed by atoms with van der Waals surface area (Å²) in [6, 6.07) is 16.9. The van der Waals surface area contributed by atoms with Crippen LogP contribution in [-0.4, -0.2) is 30.4 Å². The number of carboxylic acids is 1. The Bertz CT molecular complexity index is 1350. The van der Waals surface area contributed by atoms with Gasteiger partial charge >= 0.3 is 12.1 Å². The standard InChI is InChI=1S/C31H32F4N2O3/c1-19-17-37(18-36-27-12-11-25(32)16-26(27)31(33,34)35)28-13-10-24(15-29(28)40-19)23-8-6-22(7-9-23)21-4-2-20(3-5-21)14-30(38)39/h6-13,15-16,19-21,36H,2-5,14,17-18H2,1H3,(H,38,39). The molecule has 40 heavy (non-hydrogen) atoms. The Kier molecular flexibility index (Phi) is 7.92. The van der Waals surface area contributed by atoms with Crippen molar-refractivity contribution < 1.29 is 32.2 Å². The van der Waals surface area contributed by atoms with Crippen molar-refractivity contribution in [2.75, 3.05) is 23.4 Å². The van der Waals surface area contributed by atoms with Crippen molar-refractivity contribution in [1.29, 1.82) is 0 Å². The van der Waals surface area contributed by atoms with Crippen LogP contribution in [0, 0.1) is 11.7 Å². The maximum absolute atomic E-state index is 13.5. The molecule has 1 fully saturated rings. The van der Waals surface area contributed by atoms with E-state index in [1.165, 1.54) is 5.56 Å². The Morgan fingerprint density at radius 3 is 2.38 bits per heavy atom. The lowest BCUT2D eigenvalue weighted by atomic mass is 9.77. The lowest BCUT2D eigenvalue weighted by Gasteiger charge is -2.35. The first-order chi connectivity index (χ1) is 19.1. The number of carboxylic acid groups (broad SMARTS) is 1. The minimum atomic E-state index is -4.68. The average Bonchev–Trinajstić information content (AvgIpc) is 2.91. The van der Waals surface area contributed by atoms with Crippen molar-refractivity contribution in [3.05, 3.63) is 77.6 Å². The fourth-order valence-electron chi connectivity index (χ4n) is 5.84. The number of carbonyl (C=O) groups is 1. The predicted molar refractivity (Wildman–Crippen MR) is 146 cm³/mol. The number of benzene rings is 3. The van der Waals surface area contributed by atoms with E-state index in [9.17, 15) is 22.4 Å². The second kappa shape index (κ2) is 11.4. The molecule has 1 heterocycles. The van der Waals surface area contributed by atoms with Gasteiger partial charge in [-0.3, -0.25) is 4.79 Å². The quantitative estimate of drug-likeness (QED) is 0.290. The molecule has 0 radical (unpaired) electrons. The molecule has 0 amide bonds. The van der Waals surface area contributed by atoms with E-state index in [-0.39, 0.29) is 30.8 Å². The fraction of sp³-hybridized carbons (Fsp3) is 0.387. The minimum Gasteiger partial charge on any atom is -0.487 e. The highest BCUT2D eigenvalue weighted by atomic mass is 19.4. The van der Waals surface area contributed by atoms with Crippen LogP contribution in [-0.2, 0) is 11.0 Å². The molecular formula is C31H32F4N2O3. The first kappa shape index (κ1) is 27.8. The first-order valence-electron chi connectivity index (χ1n) is 13.5. The topological polar surface area (TPSA) is 61.8 Å². The highest BCUT2D eigenvalue weighted by Gasteiger charge is 2.34. The van der Waals surface area contributed by atoms with Crippen LogP contribution in [0.1, 0.15) is 56.1 Å². The van der Waals surface area contributed by atoms with Gasteiger partial charge in [-0.2, -0.15) is 13.2 Å². The molecule has 0 aromatic heterocycles. The zero-order valence-corrected chi connectivity index (χ0v) is 22.2. The Morgan fingerprint density at radius 1 is 1.00 bits per heavy atom. The molecule has 0 bridgehead atoms. The van der Waals surface area contributed by atoms with Crippen LogP contribution in [0.4, 0.5) is 28.9 Å². The number of anilines is 2. The lowest BCUT2D eigenvalue weighted by Crippen LogP contribution is -2.41. The molecule has 3 aromatic rings. The molecule has 1 atom stereocenters. The van der Waals surface area contributed by atoms with Crippen LogP contribution < -0.4 is 15.0 Å². The molecule has 0 saturated heterocycles. The van der Waals surface area contributed by atoms with E-state index < -0.39 is 23.5 Å². The van der Waals surface area contributed by atoms with E-state index in [0.717, 1.165) is 54.6 Å². The number of hydrogen-bond acceptors (Lipinski definition) is 4. The fourth-order valence-corrected chi connectivity index (χ4v) is 5.84. The summed E-state index contributed by atoms with van der Waals surface area (Å²) in [6.45, 7) is 2.48. The number of ether oxygens (including phenoxy) is 1. The largest absolute Gasteiger partial charge is 0.487 e. The summed E-state index contributed by atoms with van der Waals surface area (Å²) in [4.78, 5) is 12.9. The summed E-state index contributed by atoms with van der Waals surface area (Å²) in [5.41, 5.74) is 2.80. The number of aliphatic carboxylic acids is 1. The molecule has 2 N–H and O–H groups in total. The molecule has 212 valence electrons. The highest BCUT2D eigenvalue weighted by Crippen LogP contribution is 2.40. The van der Waals surface area contributed by atoms with Gasteiger partial charge in [-0.15, -0.1) is 0 Å². The third kappa shape index (κ3) is 6.35. The van der Waals surface area contributed by atoms with Gasteiger partial charge in [0.1, 0.15) is 17.7 Å². The Labute approximate surface area is 230 Å². The molecule has 1 aliphatic heterocycles. The van der Waals surface area contributed by atoms with Gasteiger partial charge < -0.3 is 20.1 Å². The number of halogens is 4. The monoisotopic (exact) mass is 556 g/mol. The van der Waals surface area contributed by atoms with Gasteiger partial charge in [-0.1, -0.05) is 30.3 Å². The maximum Gasteiger partial charge on any atom is 0.418 e. The summed E-state index contributed by atoms with van der Waals surface area (Å²) in [6.07, 6.45) is -0.753. The third-order valence-corrected chi connectivity index (χ3v) is 7.88. The SMILES string of the molecule is CC1CN(CNc2ccc(F)cc2C(F)(F)F)c2ccc(-c3ccc(C4CCC(CC(=O)O)CC4)cc3)cc2O1. The van der Waals surface area contributed by atoms with E-state index in [1.54, 1.807) is 0 Å². The third-order valence-electron chi connectivity index (χ3n) is 7.88. The predicted octanol–water partition coefficient (Wildman–Crippen LogP) is 7.92. The summed E-state index contributed by atoms with van der Waals surface area (Å²) in [5.74, 6) is -0.310. The smallest absolute Gasteiger partial charge is 0.418 e. The van der Waals surface area contributed by atoms with Crippen LogP contribution in [0.15, 0.2) is 60.7 Å². The molecule has 2 aliphatic rings. The molecule has 5 nitrogen and oxygen atoms in total. The van der Waals surface area contributed by atoms with Gasteiger partial charge in [0.2, 0.25) is 0 Å². The molecule has 9 heteroatoms. The van der Waals surface area contributed by atoms with E-state index in [4.69, 9.17) is 9.84 Å². The molecule has 1 aliphatic carbocycles. The van der Waals surface area contributed by atoms with Gasteiger partial charge in [0.15, 0.2) is 0 Å². The van der Waals surface area contributed by atoms with Crippen molar-refractivity contribution in [2.45, 2.75) is 57.2 Å². The van der Waals surface area contributed by atoms with E-state index in [2.05, 4.69) is 29.6 Å². The average molecular weight is 557 g/mol.